The Morgan fingerprint density at radius 3 is 2.58 bits per heavy atom. The molecule has 0 saturated carbocycles. The molecule has 5 heteroatoms. The number of aliphatic imine (C=N–C) groups is 1. The van der Waals surface area contributed by atoms with Crippen LogP contribution in [0.15, 0.2) is 4.99 Å². The van der Waals surface area contributed by atoms with Gasteiger partial charge in [0.15, 0.2) is 0 Å². The molecule has 72 valence electrons. The monoisotopic (exact) mass is 173 g/mol. The summed E-state index contributed by atoms with van der Waals surface area (Å²) >= 11 is 0. The topological polar surface area (TPSA) is 79.7 Å². The predicted octanol–water partition coefficient (Wildman–Crippen LogP) is -0.895. The molecule has 5 N–H and O–H groups in total. The van der Waals surface area contributed by atoms with Gasteiger partial charge in [0.1, 0.15) is 0 Å². The predicted molar refractivity (Wildman–Crippen MR) is 51.6 cm³/mol. The Morgan fingerprint density at radius 2 is 2.17 bits per heavy atom. The van der Waals surface area contributed by atoms with E-state index in [4.69, 9.17) is 11.6 Å². The van der Waals surface area contributed by atoms with Crippen molar-refractivity contribution in [2.45, 2.75) is 19.4 Å². The zero-order valence-electron chi connectivity index (χ0n) is 8.04. The Kier molecular flexibility index (Phi) is 5.40. The van der Waals surface area contributed by atoms with E-state index >= 15 is 0 Å². The van der Waals surface area contributed by atoms with Crippen molar-refractivity contribution in [2.24, 2.45) is 16.6 Å². The van der Waals surface area contributed by atoms with Crippen LogP contribution in [0.2, 0.25) is 0 Å². The average molecular weight is 173 g/mol. The number of guanidine groups is 1. The van der Waals surface area contributed by atoms with Crippen molar-refractivity contribution in [3.63, 3.8) is 0 Å². The zero-order valence-corrected chi connectivity index (χ0v) is 8.04. The fourth-order valence-electron chi connectivity index (χ4n) is 0.784. The second-order valence-corrected chi connectivity index (χ2v) is 3.10. The summed E-state index contributed by atoms with van der Waals surface area (Å²) in [5.41, 5.74) is 7.68. The number of nitrogens with one attached hydrogen (secondary N) is 1. The van der Waals surface area contributed by atoms with Crippen LogP contribution in [0.3, 0.4) is 0 Å². The Labute approximate surface area is 73.8 Å². The molecule has 1 atom stereocenters. The number of rotatable bonds is 4. The fourth-order valence-corrected chi connectivity index (χ4v) is 0.784. The third-order valence-electron chi connectivity index (χ3n) is 1.50. The lowest BCUT2D eigenvalue weighted by Crippen LogP contribution is -2.38. The molecular weight excluding hydrogens is 154 g/mol. The standard InChI is InChI=1S/C7H19N5/c1-6(4-5-12(2)3)10-7(8)11-9/h6H,4-5,9H2,1-3H3,(H3,8,10,11). The van der Waals surface area contributed by atoms with Crippen molar-refractivity contribution in [2.75, 3.05) is 20.6 Å². The number of nitrogens with zero attached hydrogens (tertiary/aromatic N) is 2. The molecule has 0 aromatic heterocycles. The van der Waals surface area contributed by atoms with E-state index in [0.717, 1.165) is 13.0 Å². The Bertz CT molecular complexity index is 143. The van der Waals surface area contributed by atoms with Gasteiger partial charge in [0, 0.05) is 0 Å². The van der Waals surface area contributed by atoms with Gasteiger partial charge in [-0.25, -0.2) is 10.8 Å². The molecule has 0 aliphatic heterocycles. The van der Waals surface area contributed by atoms with Gasteiger partial charge in [-0.1, -0.05) is 0 Å². The third-order valence-corrected chi connectivity index (χ3v) is 1.50. The number of nitrogens with two attached hydrogens (primary N) is 2. The largest absolute Gasteiger partial charge is 0.369 e. The first-order valence-corrected chi connectivity index (χ1v) is 4.01. The first kappa shape index (κ1) is 11.2. The van der Waals surface area contributed by atoms with Gasteiger partial charge in [-0.3, -0.25) is 5.43 Å². The van der Waals surface area contributed by atoms with Gasteiger partial charge < -0.3 is 10.6 Å². The van der Waals surface area contributed by atoms with E-state index in [0.29, 0.717) is 5.96 Å². The molecule has 0 aliphatic rings. The van der Waals surface area contributed by atoms with Gasteiger partial charge >= 0.3 is 0 Å². The Hall–Kier alpha value is -0.810. The zero-order chi connectivity index (χ0) is 9.56. The summed E-state index contributed by atoms with van der Waals surface area (Å²) in [4.78, 5) is 6.21. The van der Waals surface area contributed by atoms with E-state index in [1.807, 2.05) is 21.0 Å². The highest BCUT2D eigenvalue weighted by Crippen LogP contribution is 1.96. The van der Waals surface area contributed by atoms with Crippen molar-refractivity contribution in [3.05, 3.63) is 0 Å². The molecule has 0 heterocycles. The fraction of sp³-hybridized carbons (Fsp3) is 0.857. The highest BCUT2D eigenvalue weighted by atomic mass is 15.3. The molecule has 0 aromatic carbocycles. The molecule has 1 unspecified atom stereocenters. The number of hydrogen-bond acceptors (Lipinski definition) is 3. The first-order valence-electron chi connectivity index (χ1n) is 4.01. The molecule has 0 bridgehead atoms. The van der Waals surface area contributed by atoms with Crippen molar-refractivity contribution < 1.29 is 0 Å². The highest BCUT2D eigenvalue weighted by molar-refractivity contribution is 5.77. The highest BCUT2D eigenvalue weighted by Gasteiger charge is 2.00. The van der Waals surface area contributed by atoms with Gasteiger partial charge in [0.05, 0.1) is 6.04 Å². The van der Waals surface area contributed by atoms with Crippen molar-refractivity contribution in [1.29, 1.82) is 0 Å². The minimum atomic E-state index is 0.212. The maximum absolute atomic E-state index is 5.38. The Morgan fingerprint density at radius 1 is 1.58 bits per heavy atom. The van der Waals surface area contributed by atoms with Gasteiger partial charge in [0.2, 0.25) is 5.96 Å². The van der Waals surface area contributed by atoms with Crippen LogP contribution in [0, 0.1) is 0 Å². The quantitative estimate of drug-likeness (QED) is 0.223. The second-order valence-electron chi connectivity index (χ2n) is 3.10. The molecule has 12 heavy (non-hydrogen) atoms. The summed E-state index contributed by atoms with van der Waals surface area (Å²) in [6.45, 7) is 3.01. The third kappa shape index (κ3) is 5.94. The summed E-state index contributed by atoms with van der Waals surface area (Å²) in [6, 6.07) is 0.212. The van der Waals surface area contributed by atoms with Gasteiger partial charge in [0.25, 0.3) is 0 Å². The molecule has 0 aliphatic carbocycles. The lowest BCUT2D eigenvalue weighted by atomic mass is 10.2. The molecule has 0 amide bonds. The second kappa shape index (κ2) is 5.79. The lowest BCUT2D eigenvalue weighted by Gasteiger charge is -2.12. The van der Waals surface area contributed by atoms with Crippen molar-refractivity contribution >= 4 is 5.96 Å². The molecule has 0 aromatic rings. The van der Waals surface area contributed by atoms with Gasteiger partial charge in [-0.2, -0.15) is 0 Å². The van der Waals surface area contributed by atoms with Crippen molar-refractivity contribution in [3.8, 4) is 0 Å². The summed E-state index contributed by atoms with van der Waals surface area (Å²) in [7, 11) is 4.06. The van der Waals surface area contributed by atoms with Gasteiger partial charge in [-0.05, 0) is 34.0 Å². The van der Waals surface area contributed by atoms with E-state index in [2.05, 4.69) is 15.3 Å². The molecular formula is C7H19N5. The average Bonchev–Trinajstić information content (AvgIpc) is 2.00. The van der Waals surface area contributed by atoms with Crippen LogP contribution >= 0.6 is 0 Å². The van der Waals surface area contributed by atoms with Crippen molar-refractivity contribution in [1.82, 2.24) is 10.3 Å². The van der Waals surface area contributed by atoms with Crippen LogP contribution < -0.4 is 17.0 Å². The normalized spacial score (nSPS) is 14.9. The SMILES string of the molecule is CC(CCN(C)C)N=C(N)NN. The molecule has 5 nitrogen and oxygen atoms in total. The molecule has 0 radical (unpaired) electrons. The molecule has 0 fully saturated rings. The molecule has 0 rings (SSSR count). The van der Waals surface area contributed by atoms with Crippen LogP contribution in [0.1, 0.15) is 13.3 Å². The van der Waals surface area contributed by atoms with Crippen LogP contribution in [0.25, 0.3) is 0 Å². The van der Waals surface area contributed by atoms with Crippen LogP contribution in [0.4, 0.5) is 0 Å². The van der Waals surface area contributed by atoms with Gasteiger partial charge in [-0.15, -0.1) is 0 Å². The van der Waals surface area contributed by atoms with Crippen LogP contribution in [-0.4, -0.2) is 37.5 Å². The Balaban J connectivity index is 3.65. The molecule has 0 saturated heterocycles. The minimum Gasteiger partial charge on any atom is -0.369 e. The van der Waals surface area contributed by atoms with E-state index < -0.39 is 0 Å². The number of hydrazine groups is 1. The maximum Gasteiger partial charge on any atom is 0.203 e. The van der Waals surface area contributed by atoms with Crippen LogP contribution in [-0.2, 0) is 0 Å². The van der Waals surface area contributed by atoms with E-state index in [-0.39, 0.29) is 6.04 Å². The number of hydrogen-bond donors (Lipinski definition) is 3. The van der Waals surface area contributed by atoms with E-state index in [1.54, 1.807) is 0 Å². The summed E-state index contributed by atoms with van der Waals surface area (Å²) in [6.07, 6.45) is 0.982. The first-order chi connectivity index (χ1) is 5.56. The summed E-state index contributed by atoms with van der Waals surface area (Å²) in [5.74, 6) is 5.35. The van der Waals surface area contributed by atoms with E-state index in [1.165, 1.54) is 0 Å². The smallest absolute Gasteiger partial charge is 0.203 e. The minimum absolute atomic E-state index is 0.212. The molecule has 0 spiro atoms. The van der Waals surface area contributed by atoms with Crippen LogP contribution in [0.5, 0.6) is 0 Å². The summed E-state index contributed by atoms with van der Waals surface area (Å²) in [5, 5.41) is 0. The maximum atomic E-state index is 5.38. The van der Waals surface area contributed by atoms with E-state index in [9.17, 15) is 0 Å². The summed E-state index contributed by atoms with van der Waals surface area (Å²) < 4.78 is 0. The lowest BCUT2D eigenvalue weighted by molar-refractivity contribution is 0.386.